The number of aromatic amines is 1. The number of hydrogen-bond acceptors (Lipinski definition) is 3. The van der Waals surface area contributed by atoms with Crippen molar-refractivity contribution in [1.29, 1.82) is 0 Å². The van der Waals surface area contributed by atoms with Gasteiger partial charge in [0.1, 0.15) is 5.82 Å². The van der Waals surface area contributed by atoms with Gasteiger partial charge in [0, 0.05) is 24.0 Å². The van der Waals surface area contributed by atoms with E-state index >= 15 is 0 Å². The zero-order chi connectivity index (χ0) is 10.7. The molecule has 0 unspecified atom stereocenters. The molecule has 0 atom stereocenters. The molecule has 76 valence electrons. The van der Waals surface area contributed by atoms with Crippen molar-refractivity contribution in [1.82, 2.24) is 15.0 Å². The number of halogens is 1. The number of nitrogens with zero attached hydrogens (tertiary/aromatic N) is 2. The lowest BCUT2D eigenvalue weighted by Crippen LogP contribution is -2.09. The van der Waals surface area contributed by atoms with Crippen LogP contribution in [0.3, 0.4) is 0 Å². The minimum absolute atomic E-state index is 0.209. The molecular weight excluding hydrogens is 214 g/mol. The Balaban J connectivity index is 2.54. The molecule has 0 radical (unpaired) electrons. The average Bonchev–Trinajstić information content (AvgIpc) is 2.29. The van der Waals surface area contributed by atoms with E-state index in [4.69, 9.17) is 11.6 Å². The van der Waals surface area contributed by atoms with E-state index in [1.54, 1.807) is 18.5 Å². The van der Waals surface area contributed by atoms with E-state index in [-0.39, 0.29) is 11.4 Å². The van der Waals surface area contributed by atoms with Crippen LogP contribution >= 0.6 is 11.6 Å². The van der Waals surface area contributed by atoms with Gasteiger partial charge in [-0.05, 0) is 12.1 Å². The van der Waals surface area contributed by atoms with Crippen molar-refractivity contribution in [3.63, 3.8) is 0 Å². The number of nitrogens with one attached hydrogen (secondary N) is 1. The molecule has 0 amide bonds. The highest BCUT2D eigenvalue weighted by atomic mass is 35.5. The highest BCUT2D eigenvalue weighted by Gasteiger charge is 2.02. The Morgan fingerprint density at radius 3 is 3.00 bits per heavy atom. The van der Waals surface area contributed by atoms with E-state index < -0.39 is 0 Å². The predicted molar refractivity (Wildman–Crippen MR) is 57.6 cm³/mol. The topological polar surface area (TPSA) is 58.6 Å². The summed E-state index contributed by atoms with van der Waals surface area (Å²) in [4.78, 5) is 22.0. The van der Waals surface area contributed by atoms with E-state index in [2.05, 4.69) is 15.0 Å². The molecule has 0 aliphatic carbocycles. The number of alkyl halides is 1. The normalized spacial score (nSPS) is 10.2. The highest BCUT2D eigenvalue weighted by molar-refractivity contribution is 6.16. The van der Waals surface area contributed by atoms with E-state index in [0.717, 1.165) is 5.56 Å². The summed E-state index contributed by atoms with van der Waals surface area (Å²) in [6, 6.07) is 4.98. The summed E-state index contributed by atoms with van der Waals surface area (Å²) in [5.74, 6) is 0.711. The van der Waals surface area contributed by atoms with Gasteiger partial charge in [-0.2, -0.15) is 0 Å². The van der Waals surface area contributed by atoms with Gasteiger partial charge in [0.05, 0.1) is 11.6 Å². The number of H-pyrrole nitrogens is 1. The molecule has 0 fully saturated rings. The third kappa shape index (κ3) is 2.22. The van der Waals surface area contributed by atoms with Crippen LogP contribution in [0, 0.1) is 0 Å². The summed E-state index contributed by atoms with van der Waals surface area (Å²) < 4.78 is 0. The van der Waals surface area contributed by atoms with E-state index in [0.29, 0.717) is 11.5 Å². The van der Waals surface area contributed by atoms with Crippen molar-refractivity contribution < 1.29 is 0 Å². The molecule has 15 heavy (non-hydrogen) atoms. The molecule has 0 spiro atoms. The molecular formula is C10H8ClN3O. The molecule has 0 saturated heterocycles. The van der Waals surface area contributed by atoms with Gasteiger partial charge >= 0.3 is 0 Å². The fourth-order valence-electron chi connectivity index (χ4n) is 1.22. The second kappa shape index (κ2) is 4.23. The third-order valence-electron chi connectivity index (χ3n) is 1.87. The van der Waals surface area contributed by atoms with Crippen LogP contribution in [0.15, 0.2) is 35.4 Å². The van der Waals surface area contributed by atoms with Crippen LogP contribution in [-0.2, 0) is 5.88 Å². The van der Waals surface area contributed by atoms with Gasteiger partial charge in [0.25, 0.3) is 5.56 Å². The first kappa shape index (κ1) is 9.86. The quantitative estimate of drug-likeness (QED) is 0.784. The summed E-state index contributed by atoms with van der Waals surface area (Å²) in [7, 11) is 0. The maximum atomic E-state index is 11.3. The molecule has 0 bridgehead atoms. The van der Waals surface area contributed by atoms with Gasteiger partial charge in [0.2, 0.25) is 0 Å². The average molecular weight is 222 g/mol. The maximum Gasteiger partial charge on any atom is 0.251 e. The van der Waals surface area contributed by atoms with Gasteiger partial charge < -0.3 is 4.98 Å². The lowest BCUT2D eigenvalue weighted by atomic mass is 10.2. The van der Waals surface area contributed by atoms with Gasteiger partial charge in [-0.3, -0.25) is 9.78 Å². The Bertz CT molecular complexity index is 510. The molecule has 2 aromatic heterocycles. The van der Waals surface area contributed by atoms with Crippen LogP contribution in [0.1, 0.15) is 5.69 Å². The largest absolute Gasteiger partial charge is 0.306 e. The Morgan fingerprint density at radius 2 is 2.33 bits per heavy atom. The van der Waals surface area contributed by atoms with Crippen molar-refractivity contribution in [2.45, 2.75) is 5.88 Å². The summed E-state index contributed by atoms with van der Waals surface area (Å²) in [5.41, 5.74) is 1.11. The molecule has 1 N–H and O–H groups in total. The smallest absolute Gasteiger partial charge is 0.251 e. The third-order valence-corrected chi connectivity index (χ3v) is 2.14. The Hall–Kier alpha value is -1.68. The Kier molecular flexibility index (Phi) is 2.78. The summed E-state index contributed by atoms with van der Waals surface area (Å²) in [6.45, 7) is 0. The summed E-state index contributed by atoms with van der Waals surface area (Å²) >= 11 is 5.63. The molecule has 2 rings (SSSR count). The predicted octanol–water partition coefficient (Wildman–Crippen LogP) is 1.57. The molecule has 4 nitrogen and oxygen atoms in total. The van der Waals surface area contributed by atoms with Crippen molar-refractivity contribution in [2.24, 2.45) is 0 Å². The number of hydrogen-bond donors (Lipinski definition) is 1. The fraction of sp³-hybridized carbons (Fsp3) is 0.100. The number of rotatable bonds is 2. The van der Waals surface area contributed by atoms with Crippen LogP contribution in [-0.4, -0.2) is 15.0 Å². The molecule has 2 aromatic rings. The first-order valence-electron chi connectivity index (χ1n) is 4.36. The van der Waals surface area contributed by atoms with Gasteiger partial charge in [-0.15, -0.1) is 11.6 Å². The first-order valence-corrected chi connectivity index (χ1v) is 4.89. The monoisotopic (exact) mass is 221 g/mol. The number of pyridine rings is 1. The minimum Gasteiger partial charge on any atom is -0.306 e. The maximum absolute atomic E-state index is 11.3. The van der Waals surface area contributed by atoms with Crippen LogP contribution in [0.4, 0.5) is 0 Å². The van der Waals surface area contributed by atoms with E-state index in [1.807, 2.05) is 6.07 Å². The lowest BCUT2D eigenvalue weighted by Gasteiger charge is -2.01. The standard InChI is InChI=1S/C10H8ClN3O/c11-5-8-4-9(15)14-10(13-8)7-2-1-3-12-6-7/h1-4,6H,5H2,(H,13,14,15). The summed E-state index contributed by atoms with van der Waals surface area (Å²) in [5, 5.41) is 0. The van der Waals surface area contributed by atoms with E-state index in [1.165, 1.54) is 6.07 Å². The van der Waals surface area contributed by atoms with Crippen molar-refractivity contribution in [3.05, 3.63) is 46.6 Å². The van der Waals surface area contributed by atoms with Crippen LogP contribution in [0.5, 0.6) is 0 Å². The van der Waals surface area contributed by atoms with Crippen molar-refractivity contribution >= 4 is 11.6 Å². The van der Waals surface area contributed by atoms with Crippen molar-refractivity contribution in [2.75, 3.05) is 0 Å². The number of aromatic nitrogens is 3. The van der Waals surface area contributed by atoms with Crippen LogP contribution < -0.4 is 5.56 Å². The lowest BCUT2D eigenvalue weighted by molar-refractivity contribution is 1.06. The van der Waals surface area contributed by atoms with Gasteiger partial charge in [-0.25, -0.2) is 4.98 Å². The van der Waals surface area contributed by atoms with Crippen LogP contribution in [0.2, 0.25) is 0 Å². The molecule has 0 aromatic carbocycles. The fourth-order valence-corrected chi connectivity index (χ4v) is 1.35. The molecule has 0 saturated carbocycles. The zero-order valence-electron chi connectivity index (χ0n) is 7.77. The van der Waals surface area contributed by atoms with E-state index in [9.17, 15) is 4.79 Å². The molecule has 5 heteroatoms. The van der Waals surface area contributed by atoms with Crippen LogP contribution in [0.25, 0.3) is 11.4 Å². The molecule has 0 aliphatic rings. The zero-order valence-corrected chi connectivity index (χ0v) is 8.53. The molecule has 2 heterocycles. The highest BCUT2D eigenvalue weighted by Crippen LogP contribution is 2.11. The SMILES string of the molecule is O=c1cc(CCl)nc(-c2cccnc2)[nH]1. The van der Waals surface area contributed by atoms with Crippen molar-refractivity contribution in [3.8, 4) is 11.4 Å². The Labute approximate surface area is 91.0 Å². The Morgan fingerprint density at radius 1 is 1.47 bits per heavy atom. The second-order valence-corrected chi connectivity index (χ2v) is 3.23. The minimum atomic E-state index is -0.209. The second-order valence-electron chi connectivity index (χ2n) is 2.96. The molecule has 0 aliphatic heterocycles. The van der Waals surface area contributed by atoms with Gasteiger partial charge in [-0.1, -0.05) is 0 Å². The summed E-state index contributed by atoms with van der Waals surface area (Å²) in [6.07, 6.45) is 3.29. The first-order chi connectivity index (χ1) is 7.29. The van der Waals surface area contributed by atoms with Gasteiger partial charge in [0.15, 0.2) is 0 Å².